The molecule has 2 rings (SSSR count). The molecular weight excluding hydrogens is 244 g/mol. The predicted octanol–water partition coefficient (Wildman–Crippen LogP) is 2.31. The zero-order valence-corrected chi connectivity index (χ0v) is 11.8. The smallest absolute Gasteiger partial charge is 0.320 e. The highest BCUT2D eigenvalue weighted by atomic mass is 16.4. The minimum absolute atomic E-state index is 0.0561. The summed E-state index contributed by atoms with van der Waals surface area (Å²) in [7, 11) is 0. The summed E-state index contributed by atoms with van der Waals surface area (Å²) in [6, 6.07) is 0.549. The highest BCUT2D eigenvalue weighted by Gasteiger charge is 2.39. The lowest BCUT2D eigenvalue weighted by atomic mass is 10.1. The van der Waals surface area contributed by atoms with E-state index in [-0.39, 0.29) is 24.5 Å². The van der Waals surface area contributed by atoms with Crippen molar-refractivity contribution in [2.24, 2.45) is 0 Å². The van der Waals surface area contributed by atoms with E-state index in [1.165, 1.54) is 0 Å². The lowest BCUT2D eigenvalue weighted by molar-refractivity contribution is -0.138. The monoisotopic (exact) mass is 268 g/mol. The molecule has 5 nitrogen and oxygen atoms in total. The first kappa shape index (κ1) is 14.2. The van der Waals surface area contributed by atoms with Crippen molar-refractivity contribution in [1.29, 1.82) is 0 Å². The molecule has 3 atom stereocenters. The molecule has 2 heterocycles. The van der Waals surface area contributed by atoms with Crippen LogP contribution >= 0.6 is 0 Å². The standard InChI is InChI=1S/C14H24N2O3/c1-3-11-7-6-10(2)16(11)14(19)15-8-4-5-12(15)9-13(17)18/h10-12H,3-9H2,1-2H3,(H,17,18). The van der Waals surface area contributed by atoms with Crippen LogP contribution in [0.2, 0.25) is 0 Å². The molecule has 19 heavy (non-hydrogen) atoms. The van der Waals surface area contributed by atoms with Crippen molar-refractivity contribution < 1.29 is 14.7 Å². The summed E-state index contributed by atoms with van der Waals surface area (Å²) in [6.45, 7) is 4.91. The Morgan fingerprint density at radius 1 is 1.21 bits per heavy atom. The molecule has 0 aliphatic carbocycles. The second kappa shape index (κ2) is 5.80. The molecule has 3 unspecified atom stereocenters. The largest absolute Gasteiger partial charge is 0.481 e. The van der Waals surface area contributed by atoms with E-state index in [1.807, 2.05) is 4.90 Å². The molecule has 0 spiro atoms. The Labute approximate surface area is 114 Å². The van der Waals surface area contributed by atoms with Crippen molar-refractivity contribution in [1.82, 2.24) is 9.80 Å². The lowest BCUT2D eigenvalue weighted by Gasteiger charge is -2.34. The second-order valence-corrected chi connectivity index (χ2v) is 5.77. The van der Waals surface area contributed by atoms with Gasteiger partial charge in [0.05, 0.1) is 6.42 Å². The van der Waals surface area contributed by atoms with E-state index in [0.29, 0.717) is 12.6 Å². The van der Waals surface area contributed by atoms with Crippen molar-refractivity contribution in [3.05, 3.63) is 0 Å². The first-order valence-corrected chi connectivity index (χ1v) is 7.35. The lowest BCUT2D eigenvalue weighted by Crippen LogP contribution is -2.50. The molecule has 0 aromatic heterocycles. The summed E-state index contributed by atoms with van der Waals surface area (Å²) in [5.41, 5.74) is 0. The van der Waals surface area contributed by atoms with E-state index >= 15 is 0 Å². The Morgan fingerprint density at radius 3 is 2.58 bits per heavy atom. The fourth-order valence-corrected chi connectivity index (χ4v) is 3.47. The molecule has 0 aromatic carbocycles. The van der Waals surface area contributed by atoms with Crippen molar-refractivity contribution in [2.75, 3.05) is 6.54 Å². The number of carbonyl (C=O) groups excluding carboxylic acids is 1. The molecule has 2 fully saturated rings. The van der Waals surface area contributed by atoms with Gasteiger partial charge in [-0.3, -0.25) is 4.79 Å². The molecule has 2 amide bonds. The summed E-state index contributed by atoms with van der Waals surface area (Å²) in [5.74, 6) is -0.814. The topological polar surface area (TPSA) is 60.9 Å². The fourth-order valence-electron chi connectivity index (χ4n) is 3.47. The summed E-state index contributed by atoms with van der Waals surface area (Å²) in [4.78, 5) is 27.3. The van der Waals surface area contributed by atoms with E-state index < -0.39 is 5.97 Å². The Bertz CT molecular complexity index is 359. The number of hydrogen-bond acceptors (Lipinski definition) is 2. The summed E-state index contributed by atoms with van der Waals surface area (Å²) >= 11 is 0. The van der Waals surface area contributed by atoms with E-state index in [2.05, 4.69) is 13.8 Å². The second-order valence-electron chi connectivity index (χ2n) is 5.77. The van der Waals surface area contributed by atoms with E-state index in [9.17, 15) is 9.59 Å². The minimum atomic E-state index is -0.814. The molecule has 0 aromatic rings. The van der Waals surface area contributed by atoms with Gasteiger partial charge in [-0.15, -0.1) is 0 Å². The van der Waals surface area contributed by atoms with Crippen LogP contribution in [0.25, 0.3) is 0 Å². The molecular formula is C14H24N2O3. The molecule has 2 aliphatic heterocycles. The van der Waals surface area contributed by atoms with Gasteiger partial charge in [0.2, 0.25) is 0 Å². The van der Waals surface area contributed by atoms with E-state index in [1.54, 1.807) is 4.90 Å². The summed E-state index contributed by atoms with van der Waals surface area (Å²) in [6.07, 6.45) is 4.92. The molecule has 5 heteroatoms. The maximum absolute atomic E-state index is 12.7. The third kappa shape index (κ3) is 2.85. The molecule has 0 radical (unpaired) electrons. The predicted molar refractivity (Wildman–Crippen MR) is 72.0 cm³/mol. The van der Waals surface area contributed by atoms with Gasteiger partial charge in [0.15, 0.2) is 0 Å². The average molecular weight is 268 g/mol. The van der Waals surface area contributed by atoms with Gasteiger partial charge in [-0.2, -0.15) is 0 Å². The number of urea groups is 1. The van der Waals surface area contributed by atoms with Gasteiger partial charge in [-0.05, 0) is 39.0 Å². The van der Waals surface area contributed by atoms with Crippen LogP contribution < -0.4 is 0 Å². The van der Waals surface area contributed by atoms with Gasteiger partial charge in [0, 0.05) is 24.7 Å². The quantitative estimate of drug-likeness (QED) is 0.854. The number of nitrogens with zero attached hydrogens (tertiary/aromatic N) is 2. The van der Waals surface area contributed by atoms with Crippen LogP contribution in [0.3, 0.4) is 0 Å². The zero-order valence-electron chi connectivity index (χ0n) is 11.8. The minimum Gasteiger partial charge on any atom is -0.481 e. The van der Waals surface area contributed by atoms with Crippen molar-refractivity contribution in [2.45, 2.75) is 70.5 Å². The van der Waals surface area contributed by atoms with E-state index in [4.69, 9.17) is 5.11 Å². The third-order valence-corrected chi connectivity index (χ3v) is 4.51. The molecule has 0 bridgehead atoms. The van der Waals surface area contributed by atoms with Crippen LogP contribution in [-0.4, -0.2) is 51.6 Å². The van der Waals surface area contributed by atoms with Crippen molar-refractivity contribution in [3.8, 4) is 0 Å². The van der Waals surface area contributed by atoms with Gasteiger partial charge in [0.1, 0.15) is 0 Å². The number of hydrogen-bond donors (Lipinski definition) is 1. The number of carboxylic acids is 1. The maximum Gasteiger partial charge on any atom is 0.320 e. The molecule has 0 saturated carbocycles. The van der Waals surface area contributed by atoms with Gasteiger partial charge in [-0.25, -0.2) is 4.79 Å². The zero-order chi connectivity index (χ0) is 14.0. The number of aliphatic carboxylic acids is 1. The number of carboxylic acid groups (broad SMARTS) is 1. The SMILES string of the molecule is CCC1CCC(C)N1C(=O)N1CCCC1CC(=O)O. The van der Waals surface area contributed by atoms with Gasteiger partial charge >= 0.3 is 12.0 Å². The average Bonchev–Trinajstić information content (AvgIpc) is 2.94. The Morgan fingerprint density at radius 2 is 1.95 bits per heavy atom. The highest BCUT2D eigenvalue weighted by molar-refractivity contribution is 5.77. The normalized spacial score (nSPS) is 30.9. The van der Waals surface area contributed by atoms with Crippen LogP contribution in [0.15, 0.2) is 0 Å². The van der Waals surface area contributed by atoms with Crippen molar-refractivity contribution >= 4 is 12.0 Å². The van der Waals surface area contributed by atoms with Crippen LogP contribution in [-0.2, 0) is 4.79 Å². The summed E-state index contributed by atoms with van der Waals surface area (Å²) < 4.78 is 0. The molecule has 2 saturated heterocycles. The van der Waals surface area contributed by atoms with Gasteiger partial charge in [-0.1, -0.05) is 6.92 Å². The van der Waals surface area contributed by atoms with Crippen LogP contribution in [0, 0.1) is 0 Å². The highest BCUT2D eigenvalue weighted by Crippen LogP contribution is 2.30. The van der Waals surface area contributed by atoms with Crippen LogP contribution in [0.5, 0.6) is 0 Å². The number of rotatable bonds is 3. The maximum atomic E-state index is 12.7. The Kier molecular flexibility index (Phi) is 4.32. The number of carbonyl (C=O) groups is 2. The first-order valence-electron chi connectivity index (χ1n) is 7.35. The fraction of sp³-hybridized carbons (Fsp3) is 0.857. The number of amides is 2. The van der Waals surface area contributed by atoms with Crippen LogP contribution in [0.4, 0.5) is 4.79 Å². The van der Waals surface area contributed by atoms with E-state index in [0.717, 1.165) is 32.1 Å². The Hall–Kier alpha value is -1.26. The van der Waals surface area contributed by atoms with Crippen LogP contribution in [0.1, 0.15) is 52.4 Å². The molecule has 1 N–H and O–H groups in total. The summed E-state index contributed by atoms with van der Waals surface area (Å²) in [5, 5.41) is 8.94. The van der Waals surface area contributed by atoms with Crippen molar-refractivity contribution in [3.63, 3.8) is 0 Å². The van der Waals surface area contributed by atoms with Gasteiger partial charge in [0.25, 0.3) is 0 Å². The third-order valence-electron chi connectivity index (χ3n) is 4.51. The van der Waals surface area contributed by atoms with Gasteiger partial charge < -0.3 is 14.9 Å². The first-order chi connectivity index (χ1) is 9.04. The number of likely N-dealkylation sites (tertiary alicyclic amines) is 2. The molecule has 108 valence electrons. The Balaban J connectivity index is 2.07. The molecule has 2 aliphatic rings.